The van der Waals surface area contributed by atoms with Crippen LogP contribution in [0.15, 0.2) is 57.7 Å². The maximum atomic E-state index is 13.5. The van der Waals surface area contributed by atoms with Crippen LogP contribution in [0.1, 0.15) is 53.8 Å². The number of ether oxygens (including phenoxy) is 2. The average molecular weight is 475 g/mol. The summed E-state index contributed by atoms with van der Waals surface area (Å²) < 4.78 is 16.4. The first-order valence-corrected chi connectivity index (χ1v) is 12.0. The van der Waals surface area contributed by atoms with Gasteiger partial charge in [0.05, 0.1) is 10.9 Å². The summed E-state index contributed by atoms with van der Waals surface area (Å²) in [5.41, 5.74) is 3.03. The second-order valence-electron chi connectivity index (χ2n) is 8.54. The Morgan fingerprint density at radius 1 is 1.12 bits per heavy atom. The molecule has 9 heteroatoms. The van der Waals surface area contributed by atoms with Gasteiger partial charge in [0.2, 0.25) is 12.7 Å². The second kappa shape index (κ2) is 8.32. The van der Waals surface area contributed by atoms with Crippen molar-refractivity contribution >= 4 is 34.6 Å². The minimum Gasteiger partial charge on any atom is -0.454 e. The first kappa shape index (κ1) is 21.0. The zero-order valence-electron chi connectivity index (χ0n) is 18.7. The first-order chi connectivity index (χ1) is 16.5. The summed E-state index contributed by atoms with van der Waals surface area (Å²) in [4.78, 5) is 24.4. The smallest absolute Gasteiger partial charge is 0.283 e. The predicted molar refractivity (Wildman–Crippen MR) is 129 cm³/mol. The number of carbonyl (C=O) groups excluding carboxylic acids is 1. The Morgan fingerprint density at radius 2 is 1.91 bits per heavy atom. The topological polar surface area (TPSA) is 90.1 Å². The van der Waals surface area contributed by atoms with Crippen molar-refractivity contribution in [3.63, 3.8) is 0 Å². The van der Waals surface area contributed by atoms with E-state index in [-0.39, 0.29) is 18.0 Å². The van der Waals surface area contributed by atoms with Gasteiger partial charge in [-0.25, -0.2) is 4.99 Å². The van der Waals surface area contributed by atoms with E-state index in [2.05, 4.69) is 10.1 Å². The van der Waals surface area contributed by atoms with Gasteiger partial charge in [-0.15, -0.1) is 0 Å². The highest BCUT2D eigenvalue weighted by Crippen LogP contribution is 2.41. The third-order valence-corrected chi connectivity index (χ3v) is 6.89. The van der Waals surface area contributed by atoms with Gasteiger partial charge in [-0.2, -0.15) is 4.98 Å². The first-order valence-electron chi connectivity index (χ1n) is 11.2. The lowest BCUT2D eigenvalue weighted by Gasteiger charge is -2.19. The summed E-state index contributed by atoms with van der Waals surface area (Å²) in [6, 6.07) is 13.4. The molecule has 6 rings (SSSR count). The Labute approximate surface area is 200 Å². The van der Waals surface area contributed by atoms with Gasteiger partial charge in [0, 0.05) is 5.92 Å². The van der Waals surface area contributed by atoms with Crippen LogP contribution in [0.2, 0.25) is 0 Å². The Hall–Kier alpha value is -3.59. The number of nitrogens with zero attached hydrogens (tertiary/aromatic N) is 4. The van der Waals surface area contributed by atoms with Crippen molar-refractivity contribution in [2.75, 3.05) is 11.7 Å². The van der Waals surface area contributed by atoms with Crippen LogP contribution in [-0.4, -0.2) is 28.0 Å². The van der Waals surface area contributed by atoms with Gasteiger partial charge in [0.1, 0.15) is 5.70 Å². The van der Waals surface area contributed by atoms with E-state index in [1.807, 2.05) is 56.3 Å². The number of fused-ring (bicyclic) bond motifs is 1. The molecular weight excluding hydrogens is 452 g/mol. The molecule has 8 nitrogen and oxygen atoms in total. The second-order valence-corrected chi connectivity index (χ2v) is 9.85. The molecule has 1 fully saturated rings. The standard InChI is InChI=1S/C25H22N4O4S/c1-14-3-8-18(9-4-14)29-24(30)19(11-16-5-10-20-21(12-16)32-13-31-20)26-25(29)34-15(2)23-27-22(28-33-23)17-6-7-17/h3-5,8-12,15,17H,6-7,13H2,1-2H3. The van der Waals surface area contributed by atoms with E-state index in [4.69, 9.17) is 19.0 Å². The number of rotatable bonds is 5. The number of amides is 1. The third-order valence-electron chi connectivity index (χ3n) is 5.85. The van der Waals surface area contributed by atoms with Crippen molar-refractivity contribution in [3.8, 4) is 11.5 Å². The lowest BCUT2D eigenvalue weighted by atomic mass is 10.1. The molecule has 1 saturated carbocycles. The molecule has 0 radical (unpaired) electrons. The molecule has 1 atom stereocenters. The fraction of sp³-hybridized carbons (Fsp3) is 0.280. The zero-order valence-corrected chi connectivity index (χ0v) is 19.5. The molecule has 3 heterocycles. The van der Waals surface area contributed by atoms with Crippen molar-refractivity contribution in [1.82, 2.24) is 10.1 Å². The van der Waals surface area contributed by atoms with E-state index < -0.39 is 0 Å². The molecule has 1 amide bonds. The molecule has 2 aromatic carbocycles. The summed E-state index contributed by atoms with van der Waals surface area (Å²) >= 11 is 1.42. The van der Waals surface area contributed by atoms with Crippen molar-refractivity contribution in [2.45, 2.75) is 37.9 Å². The maximum absolute atomic E-state index is 13.5. The molecule has 0 spiro atoms. The van der Waals surface area contributed by atoms with Crippen LogP contribution in [0.3, 0.4) is 0 Å². The Morgan fingerprint density at radius 3 is 2.71 bits per heavy atom. The highest BCUT2D eigenvalue weighted by Gasteiger charge is 2.35. The maximum Gasteiger partial charge on any atom is 0.283 e. The van der Waals surface area contributed by atoms with Crippen LogP contribution in [0.25, 0.3) is 6.08 Å². The number of aliphatic imine (C=N–C) groups is 1. The monoisotopic (exact) mass is 474 g/mol. The summed E-state index contributed by atoms with van der Waals surface area (Å²) in [5, 5.41) is 4.53. The minimum atomic E-state index is -0.194. The highest BCUT2D eigenvalue weighted by molar-refractivity contribution is 8.14. The summed E-state index contributed by atoms with van der Waals surface area (Å²) in [7, 11) is 0. The molecule has 2 aliphatic heterocycles. The highest BCUT2D eigenvalue weighted by atomic mass is 32.2. The molecule has 3 aliphatic rings. The quantitative estimate of drug-likeness (QED) is 0.468. The van der Waals surface area contributed by atoms with Crippen LogP contribution in [0, 0.1) is 6.92 Å². The van der Waals surface area contributed by atoms with Crippen LogP contribution < -0.4 is 14.4 Å². The van der Waals surface area contributed by atoms with Gasteiger partial charge in [-0.1, -0.05) is 40.7 Å². The number of amidine groups is 1. The summed E-state index contributed by atoms with van der Waals surface area (Å²) in [5.74, 6) is 2.88. The SMILES string of the molecule is Cc1ccc(N2C(=O)C(=Cc3ccc4c(c3)OCO4)N=C2SC(C)c2nc(C3CC3)no2)cc1. The van der Waals surface area contributed by atoms with E-state index in [0.29, 0.717) is 34.2 Å². The number of benzene rings is 2. The number of hydrogen-bond donors (Lipinski definition) is 0. The van der Waals surface area contributed by atoms with E-state index >= 15 is 0 Å². The van der Waals surface area contributed by atoms with E-state index in [9.17, 15) is 4.79 Å². The fourth-order valence-corrected chi connectivity index (χ4v) is 4.74. The number of aromatic nitrogens is 2. The van der Waals surface area contributed by atoms with Crippen molar-refractivity contribution in [3.05, 3.63) is 71.0 Å². The Kier molecular flexibility index (Phi) is 5.13. The Bertz CT molecular complexity index is 1330. The van der Waals surface area contributed by atoms with Crippen molar-refractivity contribution in [2.24, 2.45) is 4.99 Å². The lowest BCUT2D eigenvalue weighted by Crippen LogP contribution is -2.30. The van der Waals surface area contributed by atoms with Crippen LogP contribution in [0.4, 0.5) is 5.69 Å². The van der Waals surface area contributed by atoms with Crippen LogP contribution >= 0.6 is 11.8 Å². The van der Waals surface area contributed by atoms with Gasteiger partial charge in [0.25, 0.3) is 5.91 Å². The van der Waals surface area contributed by atoms with E-state index in [1.54, 1.807) is 11.0 Å². The minimum absolute atomic E-state index is 0.163. The average Bonchev–Trinajstić information content (AvgIpc) is 3.25. The molecule has 1 aromatic heterocycles. The number of anilines is 1. The van der Waals surface area contributed by atoms with Gasteiger partial charge >= 0.3 is 0 Å². The molecule has 1 unspecified atom stereocenters. The molecule has 172 valence electrons. The molecule has 1 aliphatic carbocycles. The lowest BCUT2D eigenvalue weighted by molar-refractivity contribution is -0.113. The van der Waals surface area contributed by atoms with Crippen LogP contribution in [0.5, 0.6) is 11.5 Å². The molecular formula is C25H22N4O4S. The molecule has 34 heavy (non-hydrogen) atoms. The van der Waals surface area contributed by atoms with Crippen molar-refractivity contribution in [1.29, 1.82) is 0 Å². The molecule has 0 saturated heterocycles. The summed E-state index contributed by atoms with van der Waals surface area (Å²) in [6.45, 7) is 4.19. The number of carbonyl (C=O) groups is 1. The molecule has 3 aromatic rings. The van der Waals surface area contributed by atoms with Crippen LogP contribution in [-0.2, 0) is 4.79 Å². The predicted octanol–water partition coefficient (Wildman–Crippen LogP) is 5.22. The van der Waals surface area contributed by atoms with Gasteiger partial charge in [-0.05, 0) is 62.6 Å². The zero-order chi connectivity index (χ0) is 23.2. The molecule has 0 N–H and O–H groups in total. The van der Waals surface area contributed by atoms with Crippen molar-refractivity contribution < 1.29 is 18.8 Å². The Balaban J connectivity index is 1.32. The number of hydrogen-bond acceptors (Lipinski definition) is 8. The van der Waals surface area contributed by atoms with Gasteiger partial charge in [-0.3, -0.25) is 9.69 Å². The van der Waals surface area contributed by atoms with E-state index in [1.165, 1.54) is 11.8 Å². The van der Waals surface area contributed by atoms with Gasteiger partial charge < -0.3 is 14.0 Å². The molecule has 0 bridgehead atoms. The fourth-order valence-electron chi connectivity index (χ4n) is 3.79. The normalized spacial score (nSPS) is 19.1. The number of aryl methyl sites for hydroxylation is 1. The third kappa shape index (κ3) is 3.96. The number of thioether (sulfide) groups is 1. The largest absolute Gasteiger partial charge is 0.454 e. The van der Waals surface area contributed by atoms with Gasteiger partial charge in [0.15, 0.2) is 22.5 Å². The van der Waals surface area contributed by atoms with E-state index in [0.717, 1.165) is 35.5 Å². The summed E-state index contributed by atoms with van der Waals surface area (Å²) in [6.07, 6.45) is 3.98.